The van der Waals surface area contributed by atoms with Crippen LogP contribution in [-0.2, 0) is 0 Å². The van der Waals surface area contributed by atoms with Crippen LogP contribution in [0.25, 0.3) is 0 Å². The van der Waals surface area contributed by atoms with Crippen molar-refractivity contribution in [1.29, 1.82) is 0 Å². The predicted octanol–water partition coefficient (Wildman–Crippen LogP) is 4.79. The molecule has 0 atom stereocenters. The molecule has 14 heavy (non-hydrogen) atoms. The highest BCUT2D eigenvalue weighted by molar-refractivity contribution is 5.12. The summed E-state index contributed by atoms with van der Waals surface area (Å²) in [6.07, 6.45) is 16.7. The van der Waals surface area contributed by atoms with Crippen LogP contribution in [0.4, 0.5) is 0 Å². The Morgan fingerprint density at radius 1 is 0.786 bits per heavy atom. The smallest absolute Gasteiger partial charge is 0.0283 e. The second kappa shape index (κ2) is 6.64. The van der Waals surface area contributed by atoms with Crippen LogP contribution in [0.1, 0.15) is 52.4 Å². The minimum atomic E-state index is 1.21. The molecule has 0 unspecified atom stereocenters. The van der Waals surface area contributed by atoms with Gasteiger partial charge < -0.3 is 0 Å². The largest absolute Gasteiger partial charge is 0.0882 e. The van der Waals surface area contributed by atoms with Gasteiger partial charge in [-0.25, -0.2) is 0 Å². The SMILES string of the molecule is CC(C)=C1CC/C=C\CC/C=C/CC1. The Morgan fingerprint density at radius 2 is 1.21 bits per heavy atom. The average Bonchev–Trinajstić information content (AvgIpc) is 2.21. The van der Waals surface area contributed by atoms with Crippen LogP contribution in [-0.4, -0.2) is 0 Å². The van der Waals surface area contributed by atoms with Crippen LogP contribution in [0, 0.1) is 0 Å². The van der Waals surface area contributed by atoms with Gasteiger partial charge in [0, 0.05) is 0 Å². The molecule has 1 aliphatic rings. The first-order valence-corrected chi connectivity index (χ1v) is 5.76. The molecule has 0 saturated heterocycles. The molecule has 0 nitrogen and oxygen atoms in total. The normalized spacial score (nSPS) is 23.7. The number of allylic oxidation sites excluding steroid dienone is 6. The number of hydrogen-bond donors (Lipinski definition) is 0. The lowest BCUT2D eigenvalue weighted by Crippen LogP contribution is -1.86. The Hall–Kier alpha value is -0.780. The van der Waals surface area contributed by atoms with Gasteiger partial charge in [0.15, 0.2) is 0 Å². The van der Waals surface area contributed by atoms with Crippen molar-refractivity contribution in [2.24, 2.45) is 0 Å². The van der Waals surface area contributed by atoms with Gasteiger partial charge in [-0.3, -0.25) is 0 Å². The van der Waals surface area contributed by atoms with Gasteiger partial charge in [0.05, 0.1) is 0 Å². The minimum absolute atomic E-state index is 1.21. The summed E-state index contributed by atoms with van der Waals surface area (Å²) in [5, 5.41) is 0. The van der Waals surface area contributed by atoms with Crippen molar-refractivity contribution in [2.75, 3.05) is 0 Å². The fourth-order valence-electron chi connectivity index (χ4n) is 1.80. The molecule has 0 bridgehead atoms. The summed E-state index contributed by atoms with van der Waals surface area (Å²) >= 11 is 0. The molecule has 0 fully saturated rings. The van der Waals surface area contributed by atoms with E-state index in [0.29, 0.717) is 0 Å². The second-order valence-electron chi connectivity index (χ2n) is 4.20. The third-order valence-electron chi connectivity index (χ3n) is 2.77. The summed E-state index contributed by atoms with van der Waals surface area (Å²) in [4.78, 5) is 0. The zero-order valence-electron chi connectivity index (χ0n) is 9.55. The molecule has 0 heterocycles. The van der Waals surface area contributed by atoms with Crippen molar-refractivity contribution in [3.8, 4) is 0 Å². The lowest BCUT2D eigenvalue weighted by atomic mass is 10.00. The molecule has 0 radical (unpaired) electrons. The van der Waals surface area contributed by atoms with Gasteiger partial charge in [-0.15, -0.1) is 0 Å². The molecule has 78 valence electrons. The molecule has 0 saturated carbocycles. The van der Waals surface area contributed by atoms with Crippen LogP contribution in [0.5, 0.6) is 0 Å². The zero-order chi connectivity index (χ0) is 10.2. The molecule has 0 aromatic heterocycles. The monoisotopic (exact) mass is 190 g/mol. The van der Waals surface area contributed by atoms with E-state index in [0.717, 1.165) is 0 Å². The molecule has 0 aliphatic heterocycles. The molecule has 1 rings (SSSR count). The highest BCUT2D eigenvalue weighted by atomic mass is 14.0. The summed E-state index contributed by atoms with van der Waals surface area (Å²) in [5.41, 5.74) is 3.17. The Labute approximate surface area is 88.4 Å². The topological polar surface area (TPSA) is 0 Å². The van der Waals surface area contributed by atoms with Gasteiger partial charge in [0.1, 0.15) is 0 Å². The molecule has 0 aromatic rings. The molecular weight excluding hydrogens is 168 g/mol. The van der Waals surface area contributed by atoms with Crippen molar-refractivity contribution in [3.63, 3.8) is 0 Å². The van der Waals surface area contributed by atoms with Crippen molar-refractivity contribution in [2.45, 2.75) is 52.4 Å². The Bertz CT molecular complexity index is 217. The summed E-state index contributed by atoms with van der Waals surface area (Å²) < 4.78 is 0. The second-order valence-corrected chi connectivity index (χ2v) is 4.20. The first kappa shape index (κ1) is 11.3. The lowest BCUT2D eigenvalue weighted by molar-refractivity contribution is 0.845. The van der Waals surface area contributed by atoms with Gasteiger partial charge in [-0.05, 0) is 52.4 Å². The van der Waals surface area contributed by atoms with E-state index in [1.165, 1.54) is 44.1 Å². The summed E-state index contributed by atoms with van der Waals surface area (Å²) in [6.45, 7) is 4.48. The van der Waals surface area contributed by atoms with Crippen molar-refractivity contribution in [1.82, 2.24) is 0 Å². The first-order valence-electron chi connectivity index (χ1n) is 5.76. The van der Waals surface area contributed by atoms with E-state index in [-0.39, 0.29) is 0 Å². The third kappa shape index (κ3) is 4.45. The van der Waals surface area contributed by atoms with Gasteiger partial charge in [0.25, 0.3) is 0 Å². The predicted molar refractivity (Wildman–Crippen MR) is 64.4 cm³/mol. The molecule has 1 aliphatic carbocycles. The summed E-state index contributed by atoms with van der Waals surface area (Å²) in [7, 11) is 0. The van der Waals surface area contributed by atoms with Crippen LogP contribution >= 0.6 is 0 Å². The molecule has 0 heteroatoms. The quantitative estimate of drug-likeness (QED) is 0.482. The maximum Gasteiger partial charge on any atom is -0.0283 e. The van der Waals surface area contributed by atoms with Crippen LogP contribution in [0.15, 0.2) is 35.5 Å². The van der Waals surface area contributed by atoms with E-state index in [2.05, 4.69) is 38.2 Å². The van der Waals surface area contributed by atoms with Crippen LogP contribution in [0.3, 0.4) is 0 Å². The lowest BCUT2D eigenvalue weighted by Gasteiger charge is -2.06. The van der Waals surface area contributed by atoms with E-state index in [4.69, 9.17) is 0 Å². The third-order valence-corrected chi connectivity index (χ3v) is 2.77. The minimum Gasteiger partial charge on any atom is -0.0882 e. The first-order chi connectivity index (χ1) is 6.80. The van der Waals surface area contributed by atoms with Gasteiger partial charge in [0.2, 0.25) is 0 Å². The van der Waals surface area contributed by atoms with Crippen molar-refractivity contribution in [3.05, 3.63) is 35.5 Å². The van der Waals surface area contributed by atoms with E-state index >= 15 is 0 Å². The van der Waals surface area contributed by atoms with E-state index in [1.54, 1.807) is 5.57 Å². The molecule has 0 aromatic carbocycles. The molecule has 0 spiro atoms. The Morgan fingerprint density at radius 3 is 1.64 bits per heavy atom. The molecular formula is C14H22. The van der Waals surface area contributed by atoms with Crippen molar-refractivity contribution < 1.29 is 0 Å². The fraction of sp³-hybridized carbons (Fsp3) is 0.571. The van der Waals surface area contributed by atoms with Crippen molar-refractivity contribution >= 4 is 0 Å². The maximum absolute atomic E-state index is 2.34. The molecule has 0 N–H and O–H groups in total. The average molecular weight is 190 g/mol. The van der Waals surface area contributed by atoms with E-state index in [1.807, 2.05) is 0 Å². The Kier molecular flexibility index (Phi) is 5.36. The number of hydrogen-bond acceptors (Lipinski definition) is 0. The van der Waals surface area contributed by atoms with Gasteiger partial charge in [-0.1, -0.05) is 35.5 Å². The highest BCUT2D eigenvalue weighted by Gasteiger charge is 1.98. The fourth-order valence-corrected chi connectivity index (χ4v) is 1.80. The van der Waals surface area contributed by atoms with Crippen LogP contribution < -0.4 is 0 Å². The number of rotatable bonds is 0. The zero-order valence-corrected chi connectivity index (χ0v) is 9.55. The highest BCUT2D eigenvalue weighted by Crippen LogP contribution is 2.18. The maximum atomic E-state index is 2.34. The van der Waals surface area contributed by atoms with E-state index in [9.17, 15) is 0 Å². The van der Waals surface area contributed by atoms with Gasteiger partial charge >= 0.3 is 0 Å². The van der Waals surface area contributed by atoms with E-state index < -0.39 is 0 Å². The molecule has 0 amide bonds. The Balaban J connectivity index is 2.57. The van der Waals surface area contributed by atoms with Crippen LogP contribution in [0.2, 0.25) is 0 Å². The summed E-state index contributed by atoms with van der Waals surface area (Å²) in [5.74, 6) is 0. The van der Waals surface area contributed by atoms with Gasteiger partial charge in [-0.2, -0.15) is 0 Å². The summed E-state index contributed by atoms with van der Waals surface area (Å²) in [6, 6.07) is 0. The standard InChI is InChI=1S/C14H22/c1-13(2)14-11-9-7-5-3-4-6-8-10-12-14/h5-8H,3-4,9-12H2,1-2H3/b7-5-,8-6+.